The van der Waals surface area contributed by atoms with Gasteiger partial charge in [0.05, 0.1) is 0 Å². The number of hydrogen-bond acceptors (Lipinski definition) is 4. The summed E-state index contributed by atoms with van der Waals surface area (Å²) in [6.07, 6.45) is 3.78. The van der Waals surface area contributed by atoms with Crippen molar-refractivity contribution in [1.29, 1.82) is 0 Å². The lowest BCUT2D eigenvalue weighted by Gasteiger charge is -2.34. The van der Waals surface area contributed by atoms with E-state index < -0.39 is 0 Å². The molecule has 2 unspecified atom stereocenters. The number of rotatable bonds is 7. The second kappa shape index (κ2) is 10.5. The van der Waals surface area contributed by atoms with Crippen LogP contribution in [0.25, 0.3) is 11.5 Å². The van der Waals surface area contributed by atoms with Crippen LogP contribution in [0.1, 0.15) is 48.3 Å². The van der Waals surface area contributed by atoms with Crippen LogP contribution in [0, 0.1) is 11.8 Å². The van der Waals surface area contributed by atoms with Crippen molar-refractivity contribution >= 4 is 11.8 Å². The molecule has 0 aliphatic carbocycles. The summed E-state index contributed by atoms with van der Waals surface area (Å²) in [6.45, 7) is 6.34. The average Bonchev–Trinajstić information content (AvgIpc) is 3.31. The minimum absolute atomic E-state index is 0.0279. The highest BCUT2D eigenvalue weighted by Gasteiger charge is 2.28. The van der Waals surface area contributed by atoms with Gasteiger partial charge in [-0.25, -0.2) is 4.98 Å². The maximum Gasteiger partial charge on any atom is 0.275 e. The second-order valence-corrected chi connectivity index (χ2v) is 9.15. The molecule has 3 aromatic rings. The lowest BCUT2D eigenvalue weighted by molar-refractivity contribution is -0.121. The molecule has 2 atom stereocenters. The van der Waals surface area contributed by atoms with E-state index in [9.17, 15) is 9.59 Å². The lowest BCUT2D eigenvalue weighted by Crippen LogP contribution is -2.42. The van der Waals surface area contributed by atoms with Gasteiger partial charge in [-0.15, -0.1) is 0 Å². The standard InChI is InChI=1S/C27H31N3O3/c1-19-14-20(2)17-30(16-19)27(32)24-18-33-26(29-24)23-11-8-22(9-12-23)15-28-25(31)13-10-21-6-4-3-5-7-21/h3-9,11-12,18-20H,10,13-17H2,1-2H3,(H,28,31). The molecule has 2 heterocycles. The van der Waals surface area contributed by atoms with E-state index in [4.69, 9.17) is 4.42 Å². The van der Waals surface area contributed by atoms with Crippen LogP contribution >= 0.6 is 0 Å². The average molecular weight is 446 g/mol. The quantitative estimate of drug-likeness (QED) is 0.572. The number of carbonyl (C=O) groups is 2. The van der Waals surface area contributed by atoms with Crippen LogP contribution in [0.2, 0.25) is 0 Å². The van der Waals surface area contributed by atoms with Crippen molar-refractivity contribution in [2.45, 2.75) is 39.7 Å². The number of aromatic nitrogens is 1. The summed E-state index contributed by atoms with van der Waals surface area (Å²) in [5.74, 6) is 1.37. The molecule has 4 rings (SSSR count). The molecule has 0 bridgehead atoms. The molecule has 0 radical (unpaired) electrons. The Labute approximate surface area is 195 Å². The fourth-order valence-corrected chi connectivity index (χ4v) is 4.45. The molecule has 1 aromatic heterocycles. The minimum atomic E-state index is -0.0711. The van der Waals surface area contributed by atoms with Gasteiger partial charge in [0.15, 0.2) is 5.69 Å². The Hall–Kier alpha value is -3.41. The van der Waals surface area contributed by atoms with Crippen LogP contribution in [0.3, 0.4) is 0 Å². The van der Waals surface area contributed by atoms with Crippen molar-refractivity contribution in [2.75, 3.05) is 13.1 Å². The molecule has 1 saturated heterocycles. The predicted molar refractivity (Wildman–Crippen MR) is 127 cm³/mol. The van der Waals surface area contributed by atoms with Gasteiger partial charge in [-0.05, 0) is 47.9 Å². The molecule has 172 valence electrons. The van der Waals surface area contributed by atoms with E-state index in [1.54, 1.807) is 0 Å². The Morgan fingerprint density at radius 3 is 2.39 bits per heavy atom. The maximum atomic E-state index is 12.8. The first-order valence-corrected chi connectivity index (χ1v) is 11.6. The number of carbonyl (C=O) groups excluding carboxylic acids is 2. The molecular formula is C27H31N3O3. The van der Waals surface area contributed by atoms with Gasteiger partial charge in [0, 0.05) is 31.6 Å². The third-order valence-corrected chi connectivity index (χ3v) is 6.05. The zero-order chi connectivity index (χ0) is 23.2. The normalized spacial score (nSPS) is 18.2. The number of oxazole rings is 1. The number of nitrogens with zero attached hydrogens (tertiary/aromatic N) is 2. The van der Waals surface area contributed by atoms with Crippen LogP contribution < -0.4 is 5.32 Å². The summed E-state index contributed by atoms with van der Waals surface area (Å²) in [5.41, 5.74) is 3.30. The molecule has 2 amide bonds. The van der Waals surface area contributed by atoms with Crippen LogP contribution in [-0.2, 0) is 17.8 Å². The monoisotopic (exact) mass is 445 g/mol. The lowest BCUT2D eigenvalue weighted by atomic mass is 9.92. The van der Waals surface area contributed by atoms with E-state index in [0.29, 0.717) is 36.4 Å². The van der Waals surface area contributed by atoms with Gasteiger partial charge >= 0.3 is 0 Å². The van der Waals surface area contributed by atoms with E-state index in [1.165, 1.54) is 6.26 Å². The second-order valence-electron chi connectivity index (χ2n) is 9.15. The molecule has 2 aromatic carbocycles. The Morgan fingerprint density at radius 1 is 1.00 bits per heavy atom. The summed E-state index contributed by atoms with van der Waals surface area (Å²) in [5, 5.41) is 2.96. The third kappa shape index (κ3) is 6.09. The number of nitrogens with one attached hydrogen (secondary N) is 1. The number of amides is 2. The van der Waals surface area contributed by atoms with Crippen molar-refractivity contribution in [3.05, 3.63) is 77.7 Å². The SMILES string of the molecule is CC1CC(C)CN(C(=O)c2coc(-c3ccc(CNC(=O)CCc4ccccc4)cc3)n2)C1. The van der Waals surface area contributed by atoms with Crippen LogP contribution in [0.4, 0.5) is 0 Å². The highest BCUT2D eigenvalue weighted by molar-refractivity contribution is 5.92. The van der Waals surface area contributed by atoms with Crippen LogP contribution in [-0.4, -0.2) is 34.8 Å². The molecule has 1 N–H and O–H groups in total. The third-order valence-electron chi connectivity index (χ3n) is 6.05. The zero-order valence-corrected chi connectivity index (χ0v) is 19.3. The van der Waals surface area contributed by atoms with Crippen molar-refractivity contribution in [3.8, 4) is 11.5 Å². The number of aryl methyl sites for hydroxylation is 1. The smallest absolute Gasteiger partial charge is 0.275 e. The predicted octanol–water partition coefficient (Wildman–Crippen LogP) is 4.71. The molecule has 1 aliphatic rings. The topological polar surface area (TPSA) is 75.4 Å². The van der Waals surface area contributed by atoms with Gasteiger partial charge in [-0.1, -0.05) is 56.3 Å². The fraction of sp³-hybridized carbons (Fsp3) is 0.370. The Bertz CT molecular complexity index is 1070. The highest BCUT2D eigenvalue weighted by Crippen LogP contribution is 2.24. The molecular weight excluding hydrogens is 414 g/mol. The molecule has 33 heavy (non-hydrogen) atoms. The highest BCUT2D eigenvalue weighted by atomic mass is 16.3. The molecule has 6 heteroatoms. The number of likely N-dealkylation sites (tertiary alicyclic amines) is 1. The van der Waals surface area contributed by atoms with Gasteiger partial charge in [0.2, 0.25) is 11.8 Å². The van der Waals surface area contributed by atoms with Crippen molar-refractivity contribution in [2.24, 2.45) is 11.8 Å². The maximum absolute atomic E-state index is 12.8. The van der Waals surface area contributed by atoms with E-state index in [2.05, 4.69) is 24.1 Å². The summed E-state index contributed by atoms with van der Waals surface area (Å²) >= 11 is 0. The molecule has 1 aliphatic heterocycles. The molecule has 0 spiro atoms. The van der Waals surface area contributed by atoms with Gasteiger partial charge in [0.1, 0.15) is 6.26 Å². The number of hydrogen-bond donors (Lipinski definition) is 1. The largest absolute Gasteiger partial charge is 0.444 e. The Kier molecular flexibility index (Phi) is 7.23. The van der Waals surface area contributed by atoms with Crippen molar-refractivity contribution in [1.82, 2.24) is 15.2 Å². The summed E-state index contributed by atoms with van der Waals surface area (Å²) in [6, 6.07) is 17.7. The minimum Gasteiger partial charge on any atom is -0.444 e. The fourth-order valence-electron chi connectivity index (χ4n) is 4.45. The Morgan fingerprint density at radius 2 is 1.70 bits per heavy atom. The van der Waals surface area contributed by atoms with E-state index in [-0.39, 0.29) is 11.8 Å². The van der Waals surface area contributed by atoms with Gasteiger partial charge in [0.25, 0.3) is 5.91 Å². The summed E-state index contributed by atoms with van der Waals surface area (Å²) in [7, 11) is 0. The van der Waals surface area contributed by atoms with Crippen molar-refractivity contribution in [3.63, 3.8) is 0 Å². The van der Waals surface area contributed by atoms with Gasteiger partial charge in [-0.3, -0.25) is 9.59 Å². The number of benzene rings is 2. The molecule has 1 fully saturated rings. The van der Waals surface area contributed by atoms with E-state index in [1.807, 2.05) is 59.5 Å². The van der Waals surface area contributed by atoms with Crippen molar-refractivity contribution < 1.29 is 14.0 Å². The van der Waals surface area contributed by atoms with Gasteiger partial charge < -0.3 is 14.6 Å². The first kappa shape index (κ1) is 22.8. The van der Waals surface area contributed by atoms with Gasteiger partial charge in [-0.2, -0.15) is 0 Å². The van der Waals surface area contributed by atoms with E-state index in [0.717, 1.165) is 42.6 Å². The summed E-state index contributed by atoms with van der Waals surface area (Å²) in [4.78, 5) is 31.3. The first-order chi connectivity index (χ1) is 16.0. The first-order valence-electron chi connectivity index (χ1n) is 11.6. The van der Waals surface area contributed by atoms with Crippen LogP contribution in [0.15, 0.2) is 65.3 Å². The zero-order valence-electron chi connectivity index (χ0n) is 19.3. The molecule has 0 saturated carbocycles. The molecule has 6 nitrogen and oxygen atoms in total. The Balaban J connectivity index is 1.30. The summed E-state index contributed by atoms with van der Waals surface area (Å²) < 4.78 is 5.60. The van der Waals surface area contributed by atoms with E-state index >= 15 is 0 Å². The van der Waals surface area contributed by atoms with Crippen LogP contribution in [0.5, 0.6) is 0 Å². The number of piperidine rings is 1.